The molecule has 0 bridgehead atoms. The number of carbonyl (C=O) groups is 1. The highest BCUT2D eigenvalue weighted by atomic mass is 16.4. The fourth-order valence-electron chi connectivity index (χ4n) is 2.13. The molecule has 17 heavy (non-hydrogen) atoms. The minimum atomic E-state index is 0.0787. The Kier molecular flexibility index (Phi) is 3.78. The van der Waals surface area contributed by atoms with Gasteiger partial charge in [-0.15, -0.1) is 0 Å². The number of hydrogen-bond donors (Lipinski definition) is 1. The van der Waals surface area contributed by atoms with Gasteiger partial charge in [0.05, 0.1) is 12.7 Å². The van der Waals surface area contributed by atoms with Crippen molar-refractivity contribution in [3.05, 3.63) is 17.8 Å². The summed E-state index contributed by atoms with van der Waals surface area (Å²) in [7, 11) is 0. The molecule has 94 valence electrons. The SMILES string of the molecule is CCc1cnc(CN(C(C)=O)[C@H]2CCNC2)o1. The van der Waals surface area contributed by atoms with Crippen LogP contribution in [-0.4, -0.2) is 34.9 Å². The van der Waals surface area contributed by atoms with E-state index in [1.807, 2.05) is 11.8 Å². The quantitative estimate of drug-likeness (QED) is 0.847. The number of carbonyl (C=O) groups excluding carboxylic acids is 1. The molecule has 1 aromatic heterocycles. The molecule has 1 saturated heterocycles. The van der Waals surface area contributed by atoms with Crippen LogP contribution < -0.4 is 5.32 Å². The maximum Gasteiger partial charge on any atom is 0.220 e. The maximum absolute atomic E-state index is 11.6. The van der Waals surface area contributed by atoms with Gasteiger partial charge in [0.2, 0.25) is 11.8 Å². The Balaban J connectivity index is 2.04. The Morgan fingerprint density at radius 3 is 3.06 bits per heavy atom. The number of nitrogens with one attached hydrogen (secondary N) is 1. The number of oxazole rings is 1. The fourth-order valence-corrected chi connectivity index (χ4v) is 2.13. The molecule has 1 aliphatic heterocycles. The molecule has 5 nitrogen and oxygen atoms in total. The smallest absolute Gasteiger partial charge is 0.220 e. The van der Waals surface area contributed by atoms with Gasteiger partial charge in [0.25, 0.3) is 0 Å². The molecule has 1 aliphatic rings. The summed E-state index contributed by atoms with van der Waals surface area (Å²) in [6.07, 6.45) is 3.57. The molecule has 0 radical (unpaired) electrons. The molecular formula is C12H19N3O2. The van der Waals surface area contributed by atoms with Crippen molar-refractivity contribution in [3.8, 4) is 0 Å². The second-order valence-electron chi connectivity index (χ2n) is 4.37. The van der Waals surface area contributed by atoms with Crippen molar-refractivity contribution in [3.63, 3.8) is 0 Å². The van der Waals surface area contributed by atoms with Gasteiger partial charge in [-0.25, -0.2) is 4.98 Å². The number of aryl methyl sites for hydroxylation is 1. The molecule has 1 fully saturated rings. The van der Waals surface area contributed by atoms with E-state index in [9.17, 15) is 4.79 Å². The minimum Gasteiger partial charge on any atom is -0.444 e. The zero-order chi connectivity index (χ0) is 12.3. The fraction of sp³-hybridized carbons (Fsp3) is 0.667. The van der Waals surface area contributed by atoms with Crippen molar-refractivity contribution >= 4 is 5.91 Å². The molecule has 0 saturated carbocycles. The van der Waals surface area contributed by atoms with E-state index in [2.05, 4.69) is 10.3 Å². The monoisotopic (exact) mass is 237 g/mol. The van der Waals surface area contributed by atoms with Gasteiger partial charge in [0.1, 0.15) is 5.76 Å². The van der Waals surface area contributed by atoms with E-state index in [0.717, 1.165) is 31.7 Å². The van der Waals surface area contributed by atoms with Crippen LogP contribution in [0.25, 0.3) is 0 Å². The van der Waals surface area contributed by atoms with E-state index in [1.165, 1.54) is 0 Å². The number of rotatable bonds is 4. The molecule has 0 spiro atoms. The van der Waals surface area contributed by atoms with Crippen LogP contribution >= 0.6 is 0 Å². The van der Waals surface area contributed by atoms with Crippen molar-refractivity contribution in [2.75, 3.05) is 13.1 Å². The average Bonchev–Trinajstić information content (AvgIpc) is 2.96. The zero-order valence-electron chi connectivity index (χ0n) is 10.4. The van der Waals surface area contributed by atoms with Gasteiger partial charge in [-0.1, -0.05) is 6.92 Å². The van der Waals surface area contributed by atoms with Crippen LogP contribution in [0.15, 0.2) is 10.6 Å². The molecule has 5 heteroatoms. The number of nitrogens with zero attached hydrogens (tertiary/aromatic N) is 2. The highest BCUT2D eigenvalue weighted by Gasteiger charge is 2.25. The Bertz CT molecular complexity index is 383. The third-order valence-corrected chi connectivity index (χ3v) is 3.14. The summed E-state index contributed by atoms with van der Waals surface area (Å²) in [6.45, 7) is 5.93. The lowest BCUT2D eigenvalue weighted by molar-refractivity contribution is -0.131. The molecule has 1 amide bonds. The first-order valence-electron chi connectivity index (χ1n) is 6.12. The van der Waals surface area contributed by atoms with Crippen LogP contribution in [0.2, 0.25) is 0 Å². The molecule has 0 aromatic carbocycles. The summed E-state index contributed by atoms with van der Waals surface area (Å²) in [6, 6.07) is 0.268. The summed E-state index contributed by atoms with van der Waals surface area (Å²) >= 11 is 0. The predicted octanol–water partition coefficient (Wildman–Crippen LogP) is 0.947. The maximum atomic E-state index is 11.6. The molecule has 1 atom stereocenters. The number of amides is 1. The van der Waals surface area contributed by atoms with Crippen molar-refractivity contribution in [2.45, 2.75) is 39.3 Å². The van der Waals surface area contributed by atoms with Gasteiger partial charge >= 0.3 is 0 Å². The topological polar surface area (TPSA) is 58.4 Å². The zero-order valence-corrected chi connectivity index (χ0v) is 10.4. The van der Waals surface area contributed by atoms with Gasteiger partial charge in [-0.3, -0.25) is 4.79 Å². The van der Waals surface area contributed by atoms with Crippen molar-refractivity contribution < 1.29 is 9.21 Å². The highest BCUT2D eigenvalue weighted by molar-refractivity contribution is 5.73. The molecular weight excluding hydrogens is 218 g/mol. The van der Waals surface area contributed by atoms with Gasteiger partial charge in [0, 0.05) is 25.9 Å². The Morgan fingerprint density at radius 2 is 2.53 bits per heavy atom. The molecule has 2 heterocycles. The lowest BCUT2D eigenvalue weighted by Crippen LogP contribution is -2.39. The van der Waals surface area contributed by atoms with Crippen LogP contribution in [0.4, 0.5) is 0 Å². The normalized spacial score (nSPS) is 19.5. The lowest BCUT2D eigenvalue weighted by Gasteiger charge is -2.25. The molecule has 2 rings (SSSR count). The number of aromatic nitrogens is 1. The first kappa shape index (κ1) is 12.1. The van der Waals surface area contributed by atoms with Crippen LogP contribution in [0, 0.1) is 0 Å². The van der Waals surface area contributed by atoms with E-state index < -0.39 is 0 Å². The van der Waals surface area contributed by atoms with Crippen LogP contribution in [0.3, 0.4) is 0 Å². The van der Waals surface area contributed by atoms with Gasteiger partial charge in [0.15, 0.2) is 0 Å². The highest BCUT2D eigenvalue weighted by Crippen LogP contribution is 2.14. The summed E-state index contributed by atoms with van der Waals surface area (Å²) in [4.78, 5) is 17.7. The third kappa shape index (κ3) is 2.85. The Hall–Kier alpha value is -1.36. The molecule has 1 N–H and O–H groups in total. The van der Waals surface area contributed by atoms with Crippen molar-refractivity contribution in [1.29, 1.82) is 0 Å². The molecule has 1 aromatic rings. The van der Waals surface area contributed by atoms with Crippen molar-refractivity contribution in [1.82, 2.24) is 15.2 Å². The second-order valence-corrected chi connectivity index (χ2v) is 4.37. The second kappa shape index (κ2) is 5.31. The van der Waals surface area contributed by atoms with Crippen molar-refractivity contribution in [2.24, 2.45) is 0 Å². The van der Waals surface area contributed by atoms with E-state index >= 15 is 0 Å². The lowest BCUT2D eigenvalue weighted by atomic mass is 10.2. The Labute approximate surface area is 101 Å². The summed E-state index contributed by atoms with van der Waals surface area (Å²) in [5, 5.41) is 3.26. The molecule has 0 unspecified atom stereocenters. The van der Waals surface area contributed by atoms with E-state index in [4.69, 9.17) is 4.42 Å². The first-order valence-corrected chi connectivity index (χ1v) is 6.12. The first-order chi connectivity index (χ1) is 8.20. The summed E-state index contributed by atoms with van der Waals surface area (Å²) < 4.78 is 5.55. The third-order valence-electron chi connectivity index (χ3n) is 3.14. The minimum absolute atomic E-state index is 0.0787. The van der Waals surface area contributed by atoms with Crippen LogP contribution in [0.5, 0.6) is 0 Å². The van der Waals surface area contributed by atoms with Crippen LogP contribution in [0.1, 0.15) is 31.9 Å². The summed E-state index contributed by atoms with van der Waals surface area (Å²) in [5.41, 5.74) is 0. The van der Waals surface area contributed by atoms with E-state index in [-0.39, 0.29) is 11.9 Å². The summed E-state index contributed by atoms with van der Waals surface area (Å²) in [5.74, 6) is 1.58. The molecule has 0 aliphatic carbocycles. The predicted molar refractivity (Wildman–Crippen MR) is 63.4 cm³/mol. The Morgan fingerprint density at radius 1 is 1.71 bits per heavy atom. The van der Waals surface area contributed by atoms with E-state index in [1.54, 1.807) is 13.1 Å². The van der Waals surface area contributed by atoms with Crippen LogP contribution in [-0.2, 0) is 17.8 Å². The van der Waals surface area contributed by atoms with E-state index in [0.29, 0.717) is 12.4 Å². The van der Waals surface area contributed by atoms with Gasteiger partial charge < -0.3 is 14.6 Å². The van der Waals surface area contributed by atoms with Gasteiger partial charge in [-0.05, 0) is 13.0 Å². The number of hydrogen-bond acceptors (Lipinski definition) is 4. The van der Waals surface area contributed by atoms with Gasteiger partial charge in [-0.2, -0.15) is 0 Å². The standard InChI is InChI=1S/C12H19N3O2/c1-3-11-7-14-12(17-11)8-15(9(2)16)10-4-5-13-6-10/h7,10,13H,3-6,8H2,1-2H3/t10-/m0/s1. The largest absolute Gasteiger partial charge is 0.444 e. The average molecular weight is 237 g/mol.